The molecule has 0 radical (unpaired) electrons. The average molecular weight is 263 g/mol. The van der Waals surface area contributed by atoms with E-state index in [0.29, 0.717) is 17.5 Å². The monoisotopic (exact) mass is 262 g/mol. The number of hydrogen-bond donors (Lipinski definition) is 2. The molecule has 0 saturated carbocycles. The zero-order chi connectivity index (χ0) is 11.3. The van der Waals surface area contributed by atoms with E-state index in [9.17, 15) is 0 Å². The van der Waals surface area contributed by atoms with Crippen molar-refractivity contribution >= 4 is 46.4 Å². The molecule has 0 aliphatic carbocycles. The summed E-state index contributed by atoms with van der Waals surface area (Å²) in [6, 6.07) is 0. The van der Waals surface area contributed by atoms with Gasteiger partial charge in [0.05, 0.1) is 6.20 Å². The molecule has 4 nitrogen and oxygen atoms in total. The summed E-state index contributed by atoms with van der Waals surface area (Å²) in [7, 11) is 0. The first-order chi connectivity index (χ1) is 7.13. The van der Waals surface area contributed by atoms with E-state index in [1.807, 2.05) is 0 Å². The maximum atomic E-state index is 5.78. The molecule has 0 spiro atoms. The fourth-order valence-electron chi connectivity index (χ4n) is 0.747. The summed E-state index contributed by atoms with van der Waals surface area (Å²) in [5.74, 6) is 0.364. The Bertz CT molecular complexity index is 383. The minimum atomic E-state index is 0.172. The van der Waals surface area contributed by atoms with Gasteiger partial charge in [-0.15, -0.1) is 6.58 Å². The van der Waals surface area contributed by atoms with Gasteiger partial charge in [-0.25, -0.2) is 9.97 Å². The fourth-order valence-corrected chi connectivity index (χ4v) is 1.29. The highest BCUT2D eigenvalue weighted by molar-refractivity contribution is 7.80. The predicted molar refractivity (Wildman–Crippen MR) is 66.5 cm³/mol. The SMILES string of the molecule is C=CCNC(=S)Nc1ncc(Cl)nc1Cl. The number of anilines is 1. The number of aromatic nitrogens is 2. The van der Waals surface area contributed by atoms with Crippen LogP contribution in [0.1, 0.15) is 0 Å². The minimum Gasteiger partial charge on any atom is -0.359 e. The van der Waals surface area contributed by atoms with Crippen molar-refractivity contribution in [3.63, 3.8) is 0 Å². The lowest BCUT2D eigenvalue weighted by atomic mass is 10.6. The summed E-state index contributed by atoms with van der Waals surface area (Å²) in [6.07, 6.45) is 3.06. The number of rotatable bonds is 3. The van der Waals surface area contributed by atoms with E-state index < -0.39 is 0 Å². The second-order valence-corrected chi connectivity index (χ2v) is 3.61. The largest absolute Gasteiger partial charge is 0.359 e. The van der Waals surface area contributed by atoms with Crippen molar-refractivity contribution < 1.29 is 0 Å². The Hall–Kier alpha value is -0.910. The average Bonchev–Trinajstić information content (AvgIpc) is 2.19. The summed E-state index contributed by atoms with van der Waals surface area (Å²) in [5, 5.41) is 6.45. The van der Waals surface area contributed by atoms with Crippen molar-refractivity contribution in [2.24, 2.45) is 0 Å². The van der Waals surface area contributed by atoms with Crippen molar-refractivity contribution in [3.05, 3.63) is 29.2 Å². The number of hydrogen-bond acceptors (Lipinski definition) is 3. The normalized spacial score (nSPS) is 9.47. The van der Waals surface area contributed by atoms with Crippen molar-refractivity contribution in [2.75, 3.05) is 11.9 Å². The fraction of sp³-hybridized carbons (Fsp3) is 0.125. The molecule has 7 heteroatoms. The lowest BCUT2D eigenvalue weighted by Gasteiger charge is -2.08. The Kier molecular flexibility index (Phi) is 4.74. The van der Waals surface area contributed by atoms with E-state index in [-0.39, 0.29) is 10.3 Å². The van der Waals surface area contributed by atoms with Crippen LogP contribution in [0.25, 0.3) is 0 Å². The van der Waals surface area contributed by atoms with Gasteiger partial charge in [0, 0.05) is 6.54 Å². The predicted octanol–water partition coefficient (Wildman–Crippen LogP) is 2.26. The molecule has 1 rings (SSSR count). The van der Waals surface area contributed by atoms with Crippen molar-refractivity contribution in [1.82, 2.24) is 15.3 Å². The van der Waals surface area contributed by atoms with Crippen LogP contribution < -0.4 is 10.6 Å². The van der Waals surface area contributed by atoms with Gasteiger partial charge in [0.25, 0.3) is 0 Å². The lowest BCUT2D eigenvalue weighted by molar-refractivity contribution is 1.06. The van der Waals surface area contributed by atoms with Gasteiger partial charge in [0.2, 0.25) is 0 Å². The van der Waals surface area contributed by atoms with E-state index in [2.05, 4.69) is 27.2 Å². The molecule has 0 saturated heterocycles. The molecular weight excluding hydrogens is 255 g/mol. The number of nitrogens with zero attached hydrogens (tertiary/aromatic N) is 2. The van der Waals surface area contributed by atoms with Crippen LogP contribution in [0.15, 0.2) is 18.9 Å². The van der Waals surface area contributed by atoms with Gasteiger partial charge in [0.15, 0.2) is 16.1 Å². The van der Waals surface area contributed by atoms with Gasteiger partial charge in [-0.05, 0) is 12.2 Å². The molecule has 0 unspecified atom stereocenters. The van der Waals surface area contributed by atoms with Crippen molar-refractivity contribution in [3.8, 4) is 0 Å². The van der Waals surface area contributed by atoms with Crippen LogP contribution in [0.2, 0.25) is 10.3 Å². The molecule has 15 heavy (non-hydrogen) atoms. The standard InChI is InChI=1S/C8H8Cl2N4S/c1-2-3-11-8(15)14-7-6(10)13-5(9)4-12-7/h2,4H,1,3H2,(H2,11,12,14,15). The second-order valence-electron chi connectivity index (χ2n) is 2.46. The Morgan fingerprint density at radius 1 is 1.60 bits per heavy atom. The third kappa shape index (κ3) is 3.99. The molecule has 2 N–H and O–H groups in total. The Morgan fingerprint density at radius 2 is 2.33 bits per heavy atom. The molecule has 0 fully saturated rings. The first kappa shape index (κ1) is 12.2. The van der Waals surface area contributed by atoms with E-state index >= 15 is 0 Å². The number of halogens is 2. The van der Waals surface area contributed by atoms with E-state index in [4.69, 9.17) is 35.4 Å². The van der Waals surface area contributed by atoms with Crippen LogP contribution in [0, 0.1) is 0 Å². The zero-order valence-corrected chi connectivity index (χ0v) is 9.96. The first-order valence-electron chi connectivity index (χ1n) is 3.97. The smallest absolute Gasteiger partial charge is 0.173 e. The maximum absolute atomic E-state index is 5.78. The van der Waals surface area contributed by atoms with Gasteiger partial charge in [0.1, 0.15) is 5.15 Å². The van der Waals surface area contributed by atoms with Crippen LogP contribution in [-0.2, 0) is 0 Å². The maximum Gasteiger partial charge on any atom is 0.173 e. The summed E-state index contributed by atoms with van der Waals surface area (Å²) in [4.78, 5) is 7.74. The quantitative estimate of drug-likeness (QED) is 0.647. The first-order valence-corrected chi connectivity index (χ1v) is 5.13. The van der Waals surface area contributed by atoms with E-state index in [1.165, 1.54) is 6.20 Å². The minimum absolute atomic E-state index is 0.172. The summed E-state index contributed by atoms with van der Waals surface area (Å²) in [5.41, 5.74) is 0. The third-order valence-electron chi connectivity index (χ3n) is 1.34. The summed E-state index contributed by atoms with van der Waals surface area (Å²) in [6.45, 7) is 4.11. The van der Waals surface area contributed by atoms with Crippen molar-refractivity contribution in [2.45, 2.75) is 0 Å². The second kappa shape index (κ2) is 5.85. The summed E-state index contributed by atoms with van der Waals surface area (Å²) < 4.78 is 0. The van der Waals surface area contributed by atoms with Crippen molar-refractivity contribution in [1.29, 1.82) is 0 Å². The Balaban J connectivity index is 2.64. The molecule has 1 aromatic heterocycles. The van der Waals surface area contributed by atoms with E-state index in [0.717, 1.165) is 0 Å². The van der Waals surface area contributed by atoms with Gasteiger partial charge in [-0.2, -0.15) is 0 Å². The highest BCUT2D eigenvalue weighted by atomic mass is 35.5. The highest BCUT2D eigenvalue weighted by Crippen LogP contribution is 2.17. The molecule has 0 bridgehead atoms. The molecule has 0 atom stereocenters. The van der Waals surface area contributed by atoms with Gasteiger partial charge in [-0.3, -0.25) is 0 Å². The molecule has 1 aromatic rings. The molecule has 0 aliphatic heterocycles. The molecule has 0 aliphatic rings. The van der Waals surface area contributed by atoms with Crippen LogP contribution in [-0.4, -0.2) is 21.6 Å². The molecule has 1 heterocycles. The molecule has 0 aromatic carbocycles. The number of nitrogens with one attached hydrogen (secondary N) is 2. The van der Waals surface area contributed by atoms with E-state index in [1.54, 1.807) is 6.08 Å². The molecular formula is C8H8Cl2N4S. The Morgan fingerprint density at radius 3 is 2.93 bits per heavy atom. The topological polar surface area (TPSA) is 49.8 Å². The van der Waals surface area contributed by atoms with Crippen LogP contribution in [0.5, 0.6) is 0 Å². The summed E-state index contributed by atoms with van der Waals surface area (Å²) >= 11 is 16.3. The van der Waals surface area contributed by atoms with Crippen LogP contribution in [0.4, 0.5) is 5.82 Å². The van der Waals surface area contributed by atoms with Gasteiger partial charge >= 0.3 is 0 Å². The van der Waals surface area contributed by atoms with Gasteiger partial charge < -0.3 is 10.6 Å². The van der Waals surface area contributed by atoms with Gasteiger partial charge in [-0.1, -0.05) is 29.3 Å². The third-order valence-corrected chi connectivity index (χ3v) is 2.03. The lowest BCUT2D eigenvalue weighted by Crippen LogP contribution is -2.28. The molecule has 0 amide bonds. The zero-order valence-electron chi connectivity index (χ0n) is 7.63. The van der Waals surface area contributed by atoms with Crippen LogP contribution in [0.3, 0.4) is 0 Å². The molecule has 80 valence electrons. The Labute approximate surface area is 103 Å². The van der Waals surface area contributed by atoms with Crippen LogP contribution >= 0.6 is 35.4 Å². The highest BCUT2D eigenvalue weighted by Gasteiger charge is 2.05. The number of thiocarbonyl (C=S) groups is 1.